The van der Waals surface area contributed by atoms with Gasteiger partial charge in [-0.25, -0.2) is 0 Å². The molecule has 0 N–H and O–H groups in total. The first kappa shape index (κ1) is 5.67. The van der Waals surface area contributed by atoms with Crippen molar-refractivity contribution < 1.29 is 4.39 Å². The molecule has 0 radical (unpaired) electrons. The molecule has 0 aromatic carbocycles. The van der Waals surface area contributed by atoms with Gasteiger partial charge >= 0.3 is 0 Å². The summed E-state index contributed by atoms with van der Waals surface area (Å²) in [6.45, 7) is 0. The van der Waals surface area contributed by atoms with E-state index in [0.29, 0.717) is 0 Å². The summed E-state index contributed by atoms with van der Waals surface area (Å²) >= 11 is 3.09. The van der Waals surface area contributed by atoms with Crippen LogP contribution in [0.5, 0.6) is 0 Å². The van der Waals surface area contributed by atoms with E-state index >= 15 is 0 Å². The molecule has 0 atom stereocenters. The normalized spacial score (nSPS) is 16.8. The van der Waals surface area contributed by atoms with Crippen molar-refractivity contribution in [2.45, 2.75) is 0 Å². The molecule has 0 spiro atoms. The lowest BCUT2D eigenvalue weighted by molar-refractivity contribution is 0.665. The van der Waals surface area contributed by atoms with E-state index in [1.54, 1.807) is 6.08 Å². The Morgan fingerprint density at radius 2 is 2.38 bits per heavy atom. The van der Waals surface area contributed by atoms with E-state index in [-0.39, 0.29) is 5.83 Å². The summed E-state index contributed by atoms with van der Waals surface area (Å²) in [5.74, 6) is -0.264. The lowest BCUT2D eigenvalue weighted by Gasteiger charge is -1.80. The van der Waals surface area contributed by atoms with E-state index in [4.69, 9.17) is 0 Å². The average molecular weight is 174 g/mol. The molecule has 0 heterocycles. The first-order valence-electron chi connectivity index (χ1n) is 2.11. The van der Waals surface area contributed by atoms with Gasteiger partial charge in [-0.3, -0.25) is 0 Å². The van der Waals surface area contributed by atoms with E-state index < -0.39 is 0 Å². The fourth-order valence-electron chi connectivity index (χ4n) is 0.416. The molecule has 0 aromatic heterocycles. The molecule has 0 aromatic rings. The summed E-state index contributed by atoms with van der Waals surface area (Å²) in [5.41, 5.74) is 0. The van der Waals surface area contributed by atoms with Gasteiger partial charge in [0.2, 0.25) is 5.83 Å². The predicted octanol–water partition coefficient (Wildman–Crippen LogP) is 2.49. The van der Waals surface area contributed by atoms with Crippen LogP contribution in [0.4, 0.5) is 4.39 Å². The van der Waals surface area contributed by atoms with Crippen LogP contribution >= 0.6 is 15.9 Å². The summed E-state index contributed by atoms with van der Waals surface area (Å²) in [6, 6.07) is 0. The highest BCUT2D eigenvalue weighted by atomic mass is 79.9. The summed E-state index contributed by atoms with van der Waals surface area (Å²) in [5, 5.41) is 0. The maximum atomic E-state index is 12.1. The van der Waals surface area contributed by atoms with Gasteiger partial charge in [0.25, 0.3) is 0 Å². The zero-order chi connectivity index (χ0) is 5.98. The van der Waals surface area contributed by atoms with Crippen LogP contribution in [0, 0.1) is 6.08 Å². The van der Waals surface area contributed by atoms with Crippen LogP contribution in [0.2, 0.25) is 0 Å². The monoisotopic (exact) mass is 173 g/mol. The van der Waals surface area contributed by atoms with E-state index in [2.05, 4.69) is 22.0 Å². The van der Waals surface area contributed by atoms with E-state index in [1.807, 2.05) is 0 Å². The predicted molar refractivity (Wildman–Crippen MR) is 34.0 cm³/mol. The molecule has 0 bridgehead atoms. The Bertz CT molecular complexity index is 174. The smallest absolute Gasteiger partial charge is 0.126 e. The molecule has 2 heteroatoms. The highest BCUT2D eigenvalue weighted by Crippen LogP contribution is 2.15. The summed E-state index contributed by atoms with van der Waals surface area (Å²) < 4.78 is 12.8. The third-order valence-electron chi connectivity index (χ3n) is 0.718. The van der Waals surface area contributed by atoms with Crippen LogP contribution in [-0.4, -0.2) is 0 Å². The van der Waals surface area contributed by atoms with Crippen molar-refractivity contribution in [3.8, 4) is 0 Å². The fraction of sp³-hybridized carbons (Fsp3) is 0. The lowest BCUT2D eigenvalue weighted by Crippen LogP contribution is -1.73. The van der Waals surface area contributed by atoms with Crippen molar-refractivity contribution in [3.05, 3.63) is 34.6 Å². The Morgan fingerprint density at radius 3 is 2.75 bits per heavy atom. The summed E-state index contributed by atoms with van der Waals surface area (Å²) in [6.07, 6.45) is 6.93. The molecule has 40 valence electrons. The van der Waals surface area contributed by atoms with Crippen molar-refractivity contribution in [1.82, 2.24) is 0 Å². The van der Waals surface area contributed by atoms with Gasteiger partial charge in [-0.15, -0.1) is 4.39 Å². The van der Waals surface area contributed by atoms with Crippen molar-refractivity contribution >= 4 is 15.9 Å². The zero-order valence-electron chi connectivity index (χ0n) is 3.99. The van der Waals surface area contributed by atoms with Gasteiger partial charge in [0.05, 0.1) is 0 Å². The molecule has 0 unspecified atom stereocenters. The Hall–Kier alpha value is -0.460. The second-order valence-corrected chi connectivity index (χ2v) is 2.29. The second kappa shape index (κ2) is 2.21. The molecule has 0 saturated heterocycles. The molecule has 0 saturated carbocycles. The quantitative estimate of drug-likeness (QED) is 0.495. The van der Waals surface area contributed by atoms with Crippen LogP contribution in [0.15, 0.2) is 28.5 Å². The second-order valence-electron chi connectivity index (χ2n) is 1.37. The van der Waals surface area contributed by atoms with Gasteiger partial charge in [0.1, 0.15) is 22.7 Å². The molecule has 1 aliphatic carbocycles. The first-order valence-corrected chi connectivity index (χ1v) is 2.90. The van der Waals surface area contributed by atoms with Gasteiger partial charge < -0.3 is 0 Å². The minimum Gasteiger partial charge on any atom is -0.126 e. The maximum absolute atomic E-state index is 12.1. The van der Waals surface area contributed by atoms with Gasteiger partial charge in [0, 0.05) is 22.0 Å². The molecule has 0 nitrogen and oxygen atoms in total. The molecule has 1 aliphatic rings. The molecule has 0 amide bonds. The largest absolute Gasteiger partial charge is 0.241 e. The lowest BCUT2D eigenvalue weighted by atomic mass is 10.3. The third kappa shape index (κ3) is 1.25. The van der Waals surface area contributed by atoms with Crippen LogP contribution in [-0.2, 0) is 0 Å². The number of hydrogen-bond donors (Lipinski definition) is 0. The van der Waals surface area contributed by atoms with Crippen LogP contribution in [0.1, 0.15) is 0 Å². The molecular formula is C6H3BrF+. The first-order chi connectivity index (χ1) is 3.79. The molecule has 0 fully saturated rings. The summed E-state index contributed by atoms with van der Waals surface area (Å²) in [7, 11) is 0. The number of halogens is 2. The Morgan fingerprint density at radius 1 is 1.62 bits per heavy atom. The van der Waals surface area contributed by atoms with E-state index in [0.717, 1.165) is 4.48 Å². The van der Waals surface area contributed by atoms with Crippen LogP contribution in [0.3, 0.4) is 0 Å². The molecule has 1 rings (SSSR count). The van der Waals surface area contributed by atoms with Crippen LogP contribution in [0.25, 0.3) is 0 Å². The van der Waals surface area contributed by atoms with Crippen molar-refractivity contribution in [3.63, 3.8) is 0 Å². The average Bonchev–Trinajstić information content (AvgIpc) is 1.64. The van der Waals surface area contributed by atoms with Gasteiger partial charge in [-0.1, -0.05) is 0 Å². The third-order valence-corrected chi connectivity index (χ3v) is 1.18. The molecule has 8 heavy (non-hydrogen) atoms. The molecular weight excluding hydrogens is 171 g/mol. The zero-order valence-corrected chi connectivity index (χ0v) is 5.57. The van der Waals surface area contributed by atoms with Gasteiger partial charge in [-0.05, 0) is 0 Å². The van der Waals surface area contributed by atoms with E-state index in [9.17, 15) is 4.39 Å². The molecule has 0 aliphatic heterocycles. The number of allylic oxidation sites excluding steroid dienone is 6. The fourth-order valence-corrected chi connectivity index (χ4v) is 0.767. The number of rotatable bonds is 0. The Labute approximate surface area is 55.5 Å². The standard InChI is InChI=1S/C6H3BrF/c7-5-2-1-3-6(8)4-5/h2-4H/q+1. The van der Waals surface area contributed by atoms with Gasteiger partial charge in [0.15, 0.2) is 0 Å². The van der Waals surface area contributed by atoms with Crippen molar-refractivity contribution in [2.75, 3.05) is 0 Å². The SMILES string of the molecule is FC1=CC(Br)=C[C+]=C1. The van der Waals surface area contributed by atoms with Crippen LogP contribution < -0.4 is 0 Å². The topological polar surface area (TPSA) is 0 Å². The highest BCUT2D eigenvalue weighted by Gasteiger charge is 2.04. The Balaban J connectivity index is 2.89. The van der Waals surface area contributed by atoms with E-state index in [1.165, 1.54) is 12.2 Å². The minimum absolute atomic E-state index is 0.264. The minimum atomic E-state index is -0.264. The Kier molecular flexibility index (Phi) is 1.56. The van der Waals surface area contributed by atoms with Crippen molar-refractivity contribution in [2.24, 2.45) is 0 Å². The van der Waals surface area contributed by atoms with Gasteiger partial charge in [-0.2, -0.15) is 0 Å². The van der Waals surface area contributed by atoms with Crippen molar-refractivity contribution in [1.29, 1.82) is 0 Å². The highest BCUT2D eigenvalue weighted by molar-refractivity contribution is 9.11. The maximum Gasteiger partial charge on any atom is 0.241 e. The number of hydrogen-bond acceptors (Lipinski definition) is 0. The summed E-state index contributed by atoms with van der Waals surface area (Å²) in [4.78, 5) is 0.